The summed E-state index contributed by atoms with van der Waals surface area (Å²) in [5.74, 6) is 10.4. The number of hydrogen-bond acceptors (Lipinski definition) is 0. The molecule has 0 atom stereocenters. The van der Waals surface area contributed by atoms with E-state index in [2.05, 4.69) is 102 Å². The first kappa shape index (κ1) is 46.1. The number of aryl methyl sites for hydroxylation is 4. The average Bonchev–Trinajstić information content (AvgIpc) is 3.15. The predicted molar refractivity (Wildman–Crippen MR) is 234 cm³/mol. The Morgan fingerprint density at radius 2 is 0.925 bits per heavy atom. The summed E-state index contributed by atoms with van der Waals surface area (Å²) in [5, 5.41) is 0. The molecule has 0 aliphatic rings. The van der Waals surface area contributed by atoms with Crippen molar-refractivity contribution < 1.29 is 4.79 Å². The number of allylic oxidation sites excluding steroid dienone is 2. The minimum Gasteiger partial charge on any atom is -0.348 e. The van der Waals surface area contributed by atoms with Crippen LogP contribution in [0.4, 0.5) is 0 Å². The number of hydrogen-bond donors (Lipinski definition) is 0. The molecule has 0 bridgehead atoms. The molecule has 0 spiro atoms. The van der Waals surface area contributed by atoms with Gasteiger partial charge in [0.25, 0.3) is 0 Å². The highest BCUT2D eigenvalue weighted by Crippen LogP contribution is 2.37. The van der Waals surface area contributed by atoms with E-state index in [4.69, 9.17) is 0 Å². The molecule has 53 heavy (non-hydrogen) atoms. The smallest absolute Gasteiger partial charge is 0.304 e. The van der Waals surface area contributed by atoms with Crippen molar-refractivity contribution >= 4 is 11.4 Å². The fraction of sp³-hybridized carbons (Fsp3) is 0.647. The summed E-state index contributed by atoms with van der Waals surface area (Å²) in [6.45, 7) is 18.3. The zero-order valence-corrected chi connectivity index (χ0v) is 35.9. The van der Waals surface area contributed by atoms with Gasteiger partial charge < -0.3 is 5.53 Å². The van der Waals surface area contributed by atoms with E-state index < -0.39 is 0 Å². The van der Waals surface area contributed by atoms with Crippen LogP contribution in [-0.2, 0) is 38.5 Å². The lowest BCUT2D eigenvalue weighted by Crippen LogP contribution is -2.08. The van der Waals surface area contributed by atoms with Crippen molar-refractivity contribution in [2.45, 2.75) is 216 Å². The molecule has 0 amide bonds. The second-order valence-electron chi connectivity index (χ2n) is 15.4. The molecule has 0 aliphatic heterocycles. The Kier molecular flexibility index (Phi) is 24.6. The standard InChI is InChI=1S/C51H78N2/c1-9-17-21-22-23-24-28-35-50(41(16-8)40-53-52)51(46-36-42(29-13-5)48(31-15-7)43(37-46)30-14-6)47-38-44(32-25-18-10-2)49(34-27-20-12-4)45(39-47)33-26-19-11-3/h36-39H,9-27,29-34H2,1-8H3. The fourth-order valence-corrected chi connectivity index (χ4v) is 7.97. The molecule has 0 aromatic heterocycles. The van der Waals surface area contributed by atoms with Gasteiger partial charge in [-0.3, -0.25) is 0 Å². The van der Waals surface area contributed by atoms with Gasteiger partial charge in [-0.05, 0) is 115 Å². The number of rotatable bonds is 27. The van der Waals surface area contributed by atoms with Gasteiger partial charge in [0.15, 0.2) is 0 Å². The summed E-state index contributed by atoms with van der Waals surface area (Å²) < 4.78 is 0. The van der Waals surface area contributed by atoms with Crippen LogP contribution in [0.3, 0.4) is 0 Å². The van der Waals surface area contributed by atoms with Crippen LogP contribution in [0.25, 0.3) is 11.1 Å². The van der Waals surface area contributed by atoms with E-state index in [9.17, 15) is 5.53 Å². The van der Waals surface area contributed by atoms with E-state index in [1.54, 1.807) is 22.3 Å². The maximum absolute atomic E-state index is 9.95. The summed E-state index contributed by atoms with van der Waals surface area (Å²) in [6.07, 6.45) is 29.1. The van der Waals surface area contributed by atoms with Crippen LogP contribution in [0.1, 0.15) is 222 Å². The zero-order valence-electron chi connectivity index (χ0n) is 35.9. The van der Waals surface area contributed by atoms with E-state index in [0.717, 1.165) is 75.4 Å². The van der Waals surface area contributed by atoms with Gasteiger partial charge in [0.05, 0.1) is 11.1 Å². The minimum absolute atomic E-state index is 0.702. The van der Waals surface area contributed by atoms with Crippen molar-refractivity contribution in [2.24, 2.45) is 0 Å². The first-order valence-electron chi connectivity index (χ1n) is 22.5. The SMILES string of the molecule is CCCCCCCC#CC(C(=C=[N+]=[N-])CC)=C(c1cc(CCC)c(CCC)c(CCC)c1)c1cc(CCCCC)c(CCCCC)c(CCCCC)c1. The molecule has 0 aliphatic carbocycles. The summed E-state index contributed by atoms with van der Waals surface area (Å²) >= 11 is 0. The highest BCUT2D eigenvalue weighted by molar-refractivity contribution is 5.91. The summed E-state index contributed by atoms with van der Waals surface area (Å²) in [5.41, 5.74) is 24.9. The van der Waals surface area contributed by atoms with Gasteiger partial charge in [-0.1, -0.05) is 175 Å². The molecule has 0 heterocycles. The molecule has 0 radical (unpaired) electrons. The summed E-state index contributed by atoms with van der Waals surface area (Å²) in [4.78, 5) is 3.51. The molecule has 0 saturated heterocycles. The van der Waals surface area contributed by atoms with Crippen LogP contribution in [0.15, 0.2) is 35.4 Å². The Balaban J connectivity index is 3.18. The van der Waals surface area contributed by atoms with E-state index in [1.165, 1.54) is 118 Å². The first-order chi connectivity index (χ1) is 26.0. The fourth-order valence-electron chi connectivity index (χ4n) is 7.97. The lowest BCUT2D eigenvalue weighted by Gasteiger charge is -2.23. The van der Waals surface area contributed by atoms with Crippen molar-refractivity contribution in [1.82, 2.24) is 0 Å². The molecule has 2 nitrogen and oxygen atoms in total. The van der Waals surface area contributed by atoms with Crippen LogP contribution in [0.2, 0.25) is 0 Å². The van der Waals surface area contributed by atoms with Gasteiger partial charge in [-0.2, -0.15) is 0 Å². The van der Waals surface area contributed by atoms with Gasteiger partial charge in [0.2, 0.25) is 0 Å². The Labute approximate surface area is 328 Å². The molecule has 2 rings (SSSR count). The third kappa shape index (κ3) is 15.7. The van der Waals surface area contributed by atoms with E-state index in [1.807, 2.05) is 0 Å². The molecule has 292 valence electrons. The Morgan fingerprint density at radius 3 is 1.38 bits per heavy atom. The molecule has 2 aromatic rings. The van der Waals surface area contributed by atoms with Crippen molar-refractivity contribution in [3.63, 3.8) is 0 Å². The number of benzene rings is 2. The van der Waals surface area contributed by atoms with Crippen LogP contribution >= 0.6 is 0 Å². The summed E-state index contributed by atoms with van der Waals surface area (Å²) in [7, 11) is 0. The lowest BCUT2D eigenvalue weighted by atomic mass is 9.81. The molecule has 2 aromatic carbocycles. The van der Waals surface area contributed by atoms with Gasteiger partial charge in [-0.15, -0.1) is 4.79 Å². The lowest BCUT2D eigenvalue weighted by molar-refractivity contribution is 0.00746. The third-order valence-electron chi connectivity index (χ3n) is 10.8. The van der Waals surface area contributed by atoms with E-state index >= 15 is 0 Å². The monoisotopic (exact) mass is 719 g/mol. The highest BCUT2D eigenvalue weighted by atomic mass is 14.8. The van der Waals surface area contributed by atoms with E-state index in [-0.39, 0.29) is 0 Å². The van der Waals surface area contributed by atoms with Crippen molar-refractivity contribution in [1.29, 1.82) is 0 Å². The normalized spacial score (nSPS) is 11.5. The van der Waals surface area contributed by atoms with Gasteiger partial charge in [0, 0.05) is 12.0 Å². The maximum Gasteiger partial charge on any atom is 0.304 e. The second-order valence-corrected chi connectivity index (χ2v) is 15.4. The summed E-state index contributed by atoms with van der Waals surface area (Å²) in [6, 6.07) is 10.2. The number of unbranched alkanes of at least 4 members (excludes halogenated alkanes) is 11. The Bertz CT molecular complexity index is 1470. The highest BCUT2D eigenvalue weighted by Gasteiger charge is 2.22. The Hall–Kier alpha value is -3.10. The molecular weight excluding hydrogens is 641 g/mol. The largest absolute Gasteiger partial charge is 0.348 e. The Morgan fingerprint density at radius 1 is 0.491 bits per heavy atom. The van der Waals surface area contributed by atoms with Crippen molar-refractivity contribution in [3.05, 3.63) is 85.5 Å². The average molecular weight is 719 g/mol. The van der Waals surface area contributed by atoms with Crippen LogP contribution in [0, 0.1) is 11.8 Å². The molecule has 0 N–H and O–H groups in total. The van der Waals surface area contributed by atoms with Crippen LogP contribution < -0.4 is 0 Å². The molecule has 2 heteroatoms. The molecular formula is C51H78N2. The van der Waals surface area contributed by atoms with Gasteiger partial charge >= 0.3 is 5.87 Å². The third-order valence-corrected chi connectivity index (χ3v) is 10.8. The topological polar surface area (TPSA) is 36.4 Å². The van der Waals surface area contributed by atoms with Crippen LogP contribution in [-0.4, -0.2) is 10.7 Å². The van der Waals surface area contributed by atoms with Crippen molar-refractivity contribution in [3.8, 4) is 11.8 Å². The first-order valence-corrected chi connectivity index (χ1v) is 22.5. The molecule has 0 fully saturated rings. The quantitative estimate of drug-likeness (QED) is 0.0220. The molecule has 0 saturated carbocycles. The maximum atomic E-state index is 9.95. The van der Waals surface area contributed by atoms with Crippen molar-refractivity contribution in [2.75, 3.05) is 0 Å². The molecule has 0 unspecified atom stereocenters. The van der Waals surface area contributed by atoms with Crippen LogP contribution in [0.5, 0.6) is 0 Å². The number of nitrogens with zero attached hydrogens (tertiary/aromatic N) is 2. The van der Waals surface area contributed by atoms with Gasteiger partial charge in [-0.25, -0.2) is 0 Å². The van der Waals surface area contributed by atoms with E-state index in [0.29, 0.717) is 6.42 Å². The zero-order chi connectivity index (χ0) is 38.7. The predicted octanol–water partition coefficient (Wildman–Crippen LogP) is 15.1. The van der Waals surface area contributed by atoms with Gasteiger partial charge in [0.1, 0.15) is 0 Å². The minimum atomic E-state index is 0.702. The second kappa shape index (κ2) is 28.4.